The van der Waals surface area contributed by atoms with Gasteiger partial charge in [0.25, 0.3) is 0 Å². The molecule has 0 fully saturated rings. The van der Waals surface area contributed by atoms with Gasteiger partial charge in [-0.3, -0.25) is 0 Å². The van der Waals surface area contributed by atoms with Crippen molar-refractivity contribution in [2.24, 2.45) is 5.11 Å². The van der Waals surface area contributed by atoms with Gasteiger partial charge in [0, 0.05) is 11.5 Å². The van der Waals surface area contributed by atoms with E-state index >= 15 is 0 Å². The zero-order chi connectivity index (χ0) is 13.4. The Kier molecular flexibility index (Phi) is 5.41. The van der Waals surface area contributed by atoms with Crippen LogP contribution in [0, 0.1) is 0 Å². The van der Waals surface area contributed by atoms with E-state index in [2.05, 4.69) is 10.0 Å². The summed E-state index contributed by atoms with van der Waals surface area (Å²) in [5, 5.41) is 3.41. The van der Waals surface area contributed by atoms with Gasteiger partial charge in [-0.05, 0) is 23.2 Å². The summed E-state index contributed by atoms with van der Waals surface area (Å²) in [6.45, 7) is 0.299. The van der Waals surface area contributed by atoms with Crippen molar-refractivity contribution in [1.82, 2.24) is 0 Å². The molecule has 0 aliphatic heterocycles. The lowest BCUT2D eigenvalue weighted by atomic mass is 10.1. The van der Waals surface area contributed by atoms with Gasteiger partial charge in [0.15, 0.2) is 11.5 Å². The van der Waals surface area contributed by atoms with E-state index in [0.29, 0.717) is 23.8 Å². The van der Waals surface area contributed by atoms with Crippen LogP contribution in [0.25, 0.3) is 16.5 Å². The summed E-state index contributed by atoms with van der Waals surface area (Å²) in [4.78, 5) is 2.67. The third-order valence-electron chi connectivity index (χ3n) is 2.25. The summed E-state index contributed by atoms with van der Waals surface area (Å²) in [6, 6.07) is 3.63. The van der Waals surface area contributed by atoms with E-state index in [-0.39, 0.29) is 0 Å². The average Bonchev–Trinajstić information content (AvgIpc) is 2.42. The van der Waals surface area contributed by atoms with Crippen molar-refractivity contribution in [3.8, 4) is 17.2 Å². The van der Waals surface area contributed by atoms with Crippen molar-refractivity contribution < 1.29 is 14.2 Å². The topological polar surface area (TPSA) is 76.5 Å². The normalized spacial score (nSPS) is 9.94. The summed E-state index contributed by atoms with van der Waals surface area (Å²) in [5.41, 5.74) is 9.04. The van der Waals surface area contributed by atoms with Gasteiger partial charge in [-0.2, -0.15) is 0 Å². The Bertz CT molecular complexity index is 454. The van der Waals surface area contributed by atoms with Gasteiger partial charge in [-0.25, -0.2) is 0 Å². The van der Waals surface area contributed by atoms with Crippen molar-refractivity contribution in [3.63, 3.8) is 0 Å². The molecule has 96 valence electrons. The number of benzene rings is 1. The molecule has 1 rings (SSSR count). The number of azide groups is 1. The quantitative estimate of drug-likeness (QED) is 0.441. The lowest BCUT2D eigenvalue weighted by Crippen LogP contribution is -1.95. The Balaban J connectivity index is 3.07. The summed E-state index contributed by atoms with van der Waals surface area (Å²) in [6.07, 6.45) is 3.57. The van der Waals surface area contributed by atoms with Crippen LogP contribution >= 0.6 is 0 Å². The van der Waals surface area contributed by atoms with Crippen LogP contribution in [0.2, 0.25) is 0 Å². The highest BCUT2D eigenvalue weighted by Gasteiger charge is 2.11. The average molecular weight is 249 g/mol. The molecule has 0 unspecified atom stereocenters. The highest BCUT2D eigenvalue weighted by atomic mass is 16.5. The van der Waals surface area contributed by atoms with Crippen molar-refractivity contribution in [3.05, 3.63) is 34.2 Å². The standard InChI is InChI=1S/C12H15N3O3/c1-16-10-7-9(5-4-6-14-15-13)8-11(17-2)12(10)18-3/h4-5,7-8H,6H2,1-3H3. The van der Waals surface area contributed by atoms with Gasteiger partial charge in [0.05, 0.1) is 21.3 Å². The highest BCUT2D eigenvalue weighted by molar-refractivity contribution is 5.62. The van der Waals surface area contributed by atoms with Gasteiger partial charge in [-0.15, -0.1) is 0 Å². The van der Waals surface area contributed by atoms with Gasteiger partial charge in [0.2, 0.25) is 5.75 Å². The fraction of sp³-hybridized carbons (Fsp3) is 0.333. The van der Waals surface area contributed by atoms with Crippen LogP contribution in [0.4, 0.5) is 0 Å². The number of nitrogens with zero attached hydrogens (tertiary/aromatic N) is 3. The molecule has 6 heteroatoms. The molecule has 0 aromatic heterocycles. The number of hydrogen-bond donors (Lipinski definition) is 0. The number of methoxy groups -OCH3 is 3. The van der Waals surface area contributed by atoms with E-state index in [4.69, 9.17) is 19.7 Å². The molecule has 1 aromatic rings. The van der Waals surface area contributed by atoms with Crippen LogP contribution in [-0.4, -0.2) is 27.9 Å². The summed E-state index contributed by atoms with van der Waals surface area (Å²) in [5.74, 6) is 1.72. The van der Waals surface area contributed by atoms with Crippen LogP contribution < -0.4 is 14.2 Å². The molecular weight excluding hydrogens is 234 g/mol. The Morgan fingerprint density at radius 3 is 2.22 bits per heavy atom. The van der Waals surface area contributed by atoms with E-state index in [1.807, 2.05) is 18.2 Å². The minimum Gasteiger partial charge on any atom is -0.493 e. The van der Waals surface area contributed by atoms with E-state index in [1.54, 1.807) is 27.4 Å². The molecule has 0 saturated carbocycles. The second kappa shape index (κ2) is 7.09. The predicted molar refractivity (Wildman–Crippen MR) is 69.1 cm³/mol. The maximum atomic E-state index is 8.16. The molecule has 0 atom stereocenters. The monoisotopic (exact) mass is 249 g/mol. The van der Waals surface area contributed by atoms with Crippen LogP contribution in [-0.2, 0) is 0 Å². The molecule has 18 heavy (non-hydrogen) atoms. The fourth-order valence-electron chi connectivity index (χ4n) is 1.47. The predicted octanol–water partition coefficient (Wildman–Crippen LogP) is 3.04. The second-order valence-electron chi connectivity index (χ2n) is 3.27. The first-order valence-electron chi connectivity index (χ1n) is 5.24. The molecule has 0 spiro atoms. The van der Waals surface area contributed by atoms with Crippen LogP contribution in [0.3, 0.4) is 0 Å². The first-order valence-corrected chi connectivity index (χ1v) is 5.24. The van der Waals surface area contributed by atoms with Crippen LogP contribution in [0.1, 0.15) is 5.56 Å². The van der Waals surface area contributed by atoms with Gasteiger partial charge in [0.1, 0.15) is 0 Å². The number of ether oxygens (including phenoxy) is 3. The third-order valence-corrected chi connectivity index (χ3v) is 2.25. The van der Waals surface area contributed by atoms with Gasteiger partial charge in [-0.1, -0.05) is 17.3 Å². The maximum Gasteiger partial charge on any atom is 0.203 e. The smallest absolute Gasteiger partial charge is 0.203 e. The van der Waals surface area contributed by atoms with Crippen molar-refractivity contribution in [2.75, 3.05) is 27.9 Å². The van der Waals surface area contributed by atoms with Gasteiger partial charge < -0.3 is 14.2 Å². The zero-order valence-electron chi connectivity index (χ0n) is 10.6. The van der Waals surface area contributed by atoms with E-state index in [9.17, 15) is 0 Å². The molecule has 0 saturated heterocycles. The first kappa shape index (κ1) is 13.7. The second-order valence-corrected chi connectivity index (χ2v) is 3.27. The number of hydrogen-bond acceptors (Lipinski definition) is 4. The summed E-state index contributed by atoms with van der Waals surface area (Å²) >= 11 is 0. The molecule has 0 bridgehead atoms. The van der Waals surface area contributed by atoms with E-state index < -0.39 is 0 Å². The third kappa shape index (κ3) is 3.33. The Morgan fingerprint density at radius 2 is 1.78 bits per heavy atom. The van der Waals surface area contributed by atoms with E-state index in [0.717, 1.165) is 5.56 Å². The molecule has 0 radical (unpaired) electrons. The Morgan fingerprint density at radius 1 is 1.17 bits per heavy atom. The number of rotatable bonds is 6. The molecule has 0 N–H and O–H groups in total. The van der Waals surface area contributed by atoms with Crippen molar-refractivity contribution in [1.29, 1.82) is 0 Å². The first-order chi connectivity index (χ1) is 8.76. The van der Waals surface area contributed by atoms with Crippen molar-refractivity contribution >= 4 is 6.08 Å². The minimum absolute atomic E-state index is 0.299. The Hall–Kier alpha value is -2.33. The maximum absolute atomic E-state index is 8.16. The van der Waals surface area contributed by atoms with Crippen LogP contribution in [0.5, 0.6) is 17.2 Å². The zero-order valence-corrected chi connectivity index (χ0v) is 10.6. The Labute approximate surface area is 105 Å². The van der Waals surface area contributed by atoms with Crippen LogP contribution in [0.15, 0.2) is 23.3 Å². The molecule has 0 heterocycles. The minimum atomic E-state index is 0.299. The fourth-order valence-corrected chi connectivity index (χ4v) is 1.47. The lowest BCUT2D eigenvalue weighted by Gasteiger charge is -2.12. The van der Waals surface area contributed by atoms with E-state index in [1.165, 1.54) is 0 Å². The highest BCUT2D eigenvalue weighted by Crippen LogP contribution is 2.38. The molecular formula is C12H15N3O3. The summed E-state index contributed by atoms with van der Waals surface area (Å²) in [7, 11) is 4.67. The van der Waals surface area contributed by atoms with Gasteiger partial charge >= 0.3 is 0 Å². The lowest BCUT2D eigenvalue weighted by molar-refractivity contribution is 0.324. The molecule has 0 aliphatic carbocycles. The molecule has 0 amide bonds. The molecule has 1 aromatic carbocycles. The molecule has 6 nitrogen and oxygen atoms in total. The molecule has 0 aliphatic rings. The SMILES string of the molecule is COc1cc(C=CCN=[N+]=[N-])cc(OC)c1OC. The largest absolute Gasteiger partial charge is 0.493 e. The van der Waals surface area contributed by atoms with Crippen molar-refractivity contribution in [2.45, 2.75) is 0 Å². The summed E-state index contributed by atoms with van der Waals surface area (Å²) < 4.78 is 15.7.